The van der Waals surface area contributed by atoms with E-state index in [1.807, 2.05) is 6.08 Å². The molecule has 0 aliphatic rings. The molecule has 0 spiro atoms. The first-order valence-electron chi connectivity index (χ1n) is 8.59. The Labute approximate surface area is 139 Å². The summed E-state index contributed by atoms with van der Waals surface area (Å²) in [4.78, 5) is 11.4. The monoisotopic (exact) mass is 360 g/mol. The van der Waals surface area contributed by atoms with E-state index in [0.717, 1.165) is 12.0 Å². The van der Waals surface area contributed by atoms with E-state index in [1.54, 1.807) is 0 Å². The Morgan fingerprint density at radius 3 is 1.81 bits per heavy atom. The summed E-state index contributed by atoms with van der Waals surface area (Å²) in [6.07, 6.45) is 17.9. The summed E-state index contributed by atoms with van der Waals surface area (Å²) in [6, 6.07) is 0. The van der Waals surface area contributed by atoms with Crippen molar-refractivity contribution in [1.82, 2.24) is 0 Å². The quantitative estimate of drug-likeness (QED) is 0.160. The molecule has 0 atom stereocenters. The minimum absolute atomic E-state index is 0.213. The molecule has 21 heavy (non-hydrogen) atoms. The number of unbranched alkanes of at least 4 members (excludes halogenated alkanes) is 11. The van der Waals surface area contributed by atoms with Crippen LogP contribution in [0.3, 0.4) is 0 Å². The van der Waals surface area contributed by atoms with Crippen molar-refractivity contribution >= 4 is 21.9 Å². The summed E-state index contributed by atoms with van der Waals surface area (Å²) in [5, 5.41) is 0.581. The molecular formula is C18H33BrO2. The summed E-state index contributed by atoms with van der Waals surface area (Å²) in [7, 11) is 1.43. The minimum Gasteiger partial charge on any atom is -0.466 e. The number of rotatable bonds is 14. The number of alkyl halides is 1. The summed E-state index contributed by atoms with van der Waals surface area (Å²) in [6.45, 7) is 2.27. The highest BCUT2D eigenvalue weighted by Gasteiger charge is 2.06. The molecule has 2 nitrogen and oxygen atoms in total. The summed E-state index contributed by atoms with van der Waals surface area (Å²) < 4.78 is 4.72. The van der Waals surface area contributed by atoms with Gasteiger partial charge in [-0.25, -0.2) is 4.79 Å². The standard InChI is InChI=1S/C18H33BrO2/c1-3-4-5-6-7-8-9-10-11-12-13-14-15-17(16-19)18(20)21-2/h15H,3-14,16H2,1-2H3/b17-15+. The molecule has 3 heteroatoms. The van der Waals surface area contributed by atoms with Crippen LogP contribution in [-0.4, -0.2) is 18.4 Å². The number of ether oxygens (including phenoxy) is 1. The van der Waals surface area contributed by atoms with Gasteiger partial charge in [-0.15, -0.1) is 0 Å². The van der Waals surface area contributed by atoms with Crippen LogP contribution in [0.4, 0.5) is 0 Å². The minimum atomic E-state index is -0.213. The molecule has 0 aliphatic heterocycles. The van der Waals surface area contributed by atoms with Crippen LogP contribution < -0.4 is 0 Å². The molecule has 0 radical (unpaired) electrons. The number of methoxy groups -OCH3 is 1. The highest BCUT2D eigenvalue weighted by Crippen LogP contribution is 2.13. The van der Waals surface area contributed by atoms with E-state index in [1.165, 1.54) is 77.7 Å². The Morgan fingerprint density at radius 1 is 0.905 bits per heavy atom. The number of esters is 1. The first-order valence-corrected chi connectivity index (χ1v) is 9.71. The second kappa shape index (κ2) is 16.1. The van der Waals surface area contributed by atoms with Gasteiger partial charge in [-0.1, -0.05) is 93.1 Å². The Morgan fingerprint density at radius 2 is 1.38 bits per heavy atom. The second-order valence-electron chi connectivity index (χ2n) is 5.68. The molecule has 0 unspecified atom stereocenters. The van der Waals surface area contributed by atoms with Crippen molar-refractivity contribution in [2.75, 3.05) is 12.4 Å². The average Bonchev–Trinajstić information content (AvgIpc) is 2.51. The van der Waals surface area contributed by atoms with Gasteiger partial charge in [0.05, 0.1) is 7.11 Å². The van der Waals surface area contributed by atoms with Crippen LogP contribution in [0.2, 0.25) is 0 Å². The fourth-order valence-electron chi connectivity index (χ4n) is 2.41. The molecule has 0 rings (SSSR count). The third kappa shape index (κ3) is 13.1. The van der Waals surface area contributed by atoms with E-state index in [2.05, 4.69) is 22.9 Å². The smallest absolute Gasteiger partial charge is 0.334 e. The van der Waals surface area contributed by atoms with Crippen LogP contribution in [0.15, 0.2) is 11.6 Å². The lowest BCUT2D eigenvalue weighted by atomic mass is 10.0. The first kappa shape index (κ1) is 20.7. The average molecular weight is 361 g/mol. The zero-order valence-electron chi connectivity index (χ0n) is 14.0. The summed E-state index contributed by atoms with van der Waals surface area (Å²) in [5.41, 5.74) is 0.740. The van der Waals surface area contributed by atoms with Crippen LogP contribution in [0, 0.1) is 0 Å². The van der Waals surface area contributed by atoms with Crippen molar-refractivity contribution in [2.45, 2.75) is 84.0 Å². The Kier molecular flexibility index (Phi) is 15.8. The molecule has 0 aromatic heterocycles. The Balaban J connectivity index is 3.36. The molecule has 0 aromatic rings. The maximum atomic E-state index is 11.4. The third-order valence-electron chi connectivity index (χ3n) is 3.79. The van der Waals surface area contributed by atoms with Gasteiger partial charge in [0.25, 0.3) is 0 Å². The molecule has 0 aromatic carbocycles. The van der Waals surface area contributed by atoms with Gasteiger partial charge in [-0.05, 0) is 12.8 Å². The zero-order valence-corrected chi connectivity index (χ0v) is 15.6. The number of halogens is 1. The maximum absolute atomic E-state index is 11.4. The fourth-order valence-corrected chi connectivity index (χ4v) is 2.87. The molecule has 0 fully saturated rings. The van der Waals surface area contributed by atoms with Gasteiger partial charge in [0.1, 0.15) is 0 Å². The first-order chi connectivity index (χ1) is 10.3. The number of carbonyl (C=O) groups is 1. The van der Waals surface area contributed by atoms with Crippen LogP contribution in [-0.2, 0) is 9.53 Å². The zero-order chi connectivity index (χ0) is 15.8. The van der Waals surface area contributed by atoms with Gasteiger partial charge in [-0.2, -0.15) is 0 Å². The van der Waals surface area contributed by atoms with Crippen molar-refractivity contribution in [3.05, 3.63) is 11.6 Å². The fraction of sp³-hybridized carbons (Fsp3) is 0.833. The topological polar surface area (TPSA) is 26.3 Å². The Hall–Kier alpha value is -0.310. The van der Waals surface area contributed by atoms with Gasteiger partial charge in [-0.3, -0.25) is 0 Å². The predicted octanol–water partition coefficient (Wildman–Crippen LogP) is 6.18. The van der Waals surface area contributed by atoms with Crippen molar-refractivity contribution in [3.8, 4) is 0 Å². The van der Waals surface area contributed by atoms with E-state index < -0.39 is 0 Å². The van der Waals surface area contributed by atoms with Crippen LogP contribution in [0.25, 0.3) is 0 Å². The van der Waals surface area contributed by atoms with Gasteiger partial charge < -0.3 is 4.74 Å². The van der Waals surface area contributed by atoms with E-state index in [0.29, 0.717) is 5.33 Å². The van der Waals surface area contributed by atoms with Crippen molar-refractivity contribution in [1.29, 1.82) is 0 Å². The molecule has 0 amide bonds. The predicted molar refractivity (Wildman–Crippen MR) is 95.0 cm³/mol. The van der Waals surface area contributed by atoms with E-state index in [4.69, 9.17) is 4.74 Å². The van der Waals surface area contributed by atoms with Crippen molar-refractivity contribution in [3.63, 3.8) is 0 Å². The van der Waals surface area contributed by atoms with E-state index in [-0.39, 0.29) is 5.97 Å². The van der Waals surface area contributed by atoms with Gasteiger partial charge >= 0.3 is 5.97 Å². The Bertz CT molecular complexity index is 274. The van der Waals surface area contributed by atoms with Crippen molar-refractivity contribution in [2.24, 2.45) is 0 Å². The number of allylic oxidation sites excluding steroid dienone is 1. The number of hydrogen-bond acceptors (Lipinski definition) is 2. The summed E-state index contributed by atoms with van der Waals surface area (Å²) in [5.74, 6) is -0.213. The van der Waals surface area contributed by atoms with Crippen LogP contribution in [0.5, 0.6) is 0 Å². The summed E-state index contributed by atoms with van der Waals surface area (Å²) >= 11 is 3.32. The lowest BCUT2D eigenvalue weighted by Gasteiger charge is -2.03. The third-order valence-corrected chi connectivity index (χ3v) is 4.39. The second-order valence-corrected chi connectivity index (χ2v) is 6.24. The molecule has 124 valence electrons. The number of carbonyl (C=O) groups excluding carboxylic acids is 1. The largest absolute Gasteiger partial charge is 0.466 e. The molecule has 0 aliphatic carbocycles. The highest BCUT2D eigenvalue weighted by atomic mass is 79.9. The van der Waals surface area contributed by atoms with Crippen molar-refractivity contribution < 1.29 is 9.53 Å². The van der Waals surface area contributed by atoms with E-state index in [9.17, 15) is 4.79 Å². The van der Waals surface area contributed by atoms with E-state index >= 15 is 0 Å². The maximum Gasteiger partial charge on any atom is 0.334 e. The highest BCUT2D eigenvalue weighted by molar-refractivity contribution is 9.09. The number of hydrogen-bond donors (Lipinski definition) is 0. The van der Waals surface area contributed by atoms with Gasteiger partial charge in [0, 0.05) is 10.9 Å². The molecule has 0 saturated heterocycles. The SMILES string of the molecule is CCCCCCCCCCCCC/C=C(\CBr)C(=O)OC. The van der Waals surface area contributed by atoms with Crippen LogP contribution in [0.1, 0.15) is 84.0 Å². The van der Waals surface area contributed by atoms with Gasteiger partial charge in [0.15, 0.2) is 0 Å². The molecule has 0 saturated carbocycles. The molecule has 0 N–H and O–H groups in total. The normalized spacial score (nSPS) is 11.7. The lowest BCUT2D eigenvalue weighted by Crippen LogP contribution is -2.05. The molecule has 0 heterocycles. The van der Waals surface area contributed by atoms with Gasteiger partial charge in [0.2, 0.25) is 0 Å². The molecule has 0 bridgehead atoms. The molecular weight excluding hydrogens is 328 g/mol. The van der Waals surface area contributed by atoms with Crippen LogP contribution >= 0.6 is 15.9 Å². The lowest BCUT2D eigenvalue weighted by molar-refractivity contribution is -0.135.